The lowest BCUT2D eigenvalue weighted by Crippen LogP contribution is -2.37. The number of anilines is 3. The topological polar surface area (TPSA) is 95.3 Å². The molecule has 9 nitrogen and oxygen atoms in total. The zero-order chi connectivity index (χ0) is 21.8. The SMILES string of the molecule is Oc1c(/C=N/Nc2ncc(F)c(N3CCOCC3)n2)cc(Br)c(N2CCOCC2)c1Cl. The summed E-state index contributed by atoms with van der Waals surface area (Å²) in [7, 11) is 0. The fraction of sp³-hybridized carbons (Fsp3) is 0.421. The van der Waals surface area contributed by atoms with Crippen molar-refractivity contribution in [2.45, 2.75) is 0 Å². The van der Waals surface area contributed by atoms with Crippen molar-refractivity contribution in [1.29, 1.82) is 0 Å². The average molecular weight is 516 g/mol. The van der Waals surface area contributed by atoms with Crippen LogP contribution in [0.2, 0.25) is 5.02 Å². The summed E-state index contributed by atoms with van der Waals surface area (Å²) in [5.74, 6) is -0.275. The Morgan fingerprint density at radius 3 is 2.48 bits per heavy atom. The van der Waals surface area contributed by atoms with E-state index in [1.54, 1.807) is 11.0 Å². The minimum atomic E-state index is -0.511. The maximum Gasteiger partial charge on any atom is 0.245 e. The molecule has 31 heavy (non-hydrogen) atoms. The van der Waals surface area contributed by atoms with Crippen molar-refractivity contribution in [3.63, 3.8) is 0 Å². The second kappa shape index (κ2) is 9.94. The molecule has 0 radical (unpaired) electrons. The van der Waals surface area contributed by atoms with E-state index in [0.29, 0.717) is 63.9 Å². The largest absolute Gasteiger partial charge is 0.506 e. The van der Waals surface area contributed by atoms with Gasteiger partial charge in [-0.05, 0) is 22.0 Å². The Morgan fingerprint density at radius 1 is 1.16 bits per heavy atom. The lowest BCUT2D eigenvalue weighted by molar-refractivity contribution is 0.122. The van der Waals surface area contributed by atoms with Crippen LogP contribution in [0.3, 0.4) is 0 Å². The average Bonchev–Trinajstić information content (AvgIpc) is 2.79. The van der Waals surface area contributed by atoms with E-state index in [1.165, 1.54) is 6.21 Å². The quantitative estimate of drug-likeness (QED) is 0.464. The predicted octanol–water partition coefficient (Wildman–Crippen LogP) is 2.86. The van der Waals surface area contributed by atoms with Crippen molar-refractivity contribution in [1.82, 2.24) is 9.97 Å². The van der Waals surface area contributed by atoms with E-state index in [9.17, 15) is 9.50 Å². The van der Waals surface area contributed by atoms with Crippen molar-refractivity contribution in [2.75, 3.05) is 67.8 Å². The molecule has 0 aliphatic carbocycles. The van der Waals surface area contributed by atoms with Crippen LogP contribution in [0.25, 0.3) is 0 Å². The Hall–Kier alpha value is -2.21. The molecule has 3 heterocycles. The number of halogens is 3. The zero-order valence-corrected chi connectivity index (χ0v) is 18.9. The van der Waals surface area contributed by atoms with Crippen LogP contribution in [0, 0.1) is 5.82 Å². The normalized spacial score (nSPS) is 17.4. The molecule has 4 rings (SSSR count). The molecule has 1 aromatic heterocycles. The van der Waals surface area contributed by atoms with Gasteiger partial charge >= 0.3 is 0 Å². The summed E-state index contributed by atoms with van der Waals surface area (Å²) in [6.07, 6.45) is 2.49. The van der Waals surface area contributed by atoms with Crippen molar-refractivity contribution in [3.8, 4) is 5.75 Å². The third-order valence-corrected chi connectivity index (χ3v) is 5.89. The van der Waals surface area contributed by atoms with Gasteiger partial charge in [-0.15, -0.1) is 0 Å². The highest BCUT2D eigenvalue weighted by atomic mass is 79.9. The Bertz CT molecular complexity index is 970. The number of phenolic OH excluding ortho intramolecular Hbond substituents is 1. The lowest BCUT2D eigenvalue weighted by Gasteiger charge is -2.30. The first-order valence-corrected chi connectivity index (χ1v) is 10.9. The van der Waals surface area contributed by atoms with E-state index >= 15 is 0 Å². The Balaban J connectivity index is 1.50. The van der Waals surface area contributed by atoms with Crippen molar-refractivity contribution < 1.29 is 19.0 Å². The Kier molecular flexibility index (Phi) is 7.06. The van der Waals surface area contributed by atoms with Gasteiger partial charge in [-0.3, -0.25) is 0 Å². The molecule has 0 amide bonds. The molecular weight excluding hydrogens is 495 g/mol. The lowest BCUT2D eigenvalue weighted by atomic mass is 10.1. The molecule has 1 aromatic carbocycles. The second-order valence-corrected chi connectivity index (χ2v) is 8.13. The Morgan fingerprint density at radius 2 is 1.81 bits per heavy atom. The summed E-state index contributed by atoms with van der Waals surface area (Å²) in [6, 6.07) is 1.72. The minimum Gasteiger partial charge on any atom is -0.506 e. The molecule has 0 bridgehead atoms. The number of rotatable bonds is 5. The van der Waals surface area contributed by atoms with E-state index < -0.39 is 5.82 Å². The summed E-state index contributed by atoms with van der Waals surface area (Å²) in [5, 5.41) is 14.9. The number of nitrogens with one attached hydrogen (secondary N) is 1. The van der Waals surface area contributed by atoms with Gasteiger partial charge in [-0.1, -0.05) is 11.6 Å². The third kappa shape index (κ3) is 5.00. The first kappa shape index (κ1) is 22.0. The molecule has 2 N–H and O–H groups in total. The Labute approximate surface area is 191 Å². The van der Waals surface area contributed by atoms with E-state index in [-0.39, 0.29) is 22.5 Å². The van der Waals surface area contributed by atoms with E-state index in [2.05, 4.69) is 36.4 Å². The van der Waals surface area contributed by atoms with Crippen LogP contribution in [0.4, 0.5) is 21.8 Å². The van der Waals surface area contributed by atoms with Gasteiger partial charge in [0.25, 0.3) is 0 Å². The van der Waals surface area contributed by atoms with Gasteiger partial charge in [0.05, 0.1) is 44.5 Å². The molecule has 0 atom stereocenters. The smallest absolute Gasteiger partial charge is 0.245 e. The molecule has 2 aliphatic heterocycles. The second-order valence-electron chi connectivity index (χ2n) is 6.89. The first-order chi connectivity index (χ1) is 15.0. The maximum absolute atomic E-state index is 14.1. The number of phenols is 1. The first-order valence-electron chi connectivity index (χ1n) is 9.72. The molecule has 2 fully saturated rings. The van der Waals surface area contributed by atoms with Crippen molar-refractivity contribution in [3.05, 3.63) is 33.1 Å². The minimum absolute atomic E-state index is 0.0917. The summed E-state index contributed by atoms with van der Waals surface area (Å²) in [5.41, 5.74) is 3.78. The summed E-state index contributed by atoms with van der Waals surface area (Å²) in [6.45, 7) is 4.68. The molecule has 12 heteroatoms. The molecule has 2 aliphatic rings. The number of hydrogen-bond donors (Lipinski definition) is 2. The number of aromatic hydroxyl groups is 1. The van der Waals surface area contributed by atoms with Crippen molar-refractivity contribution in [2.24, 2.45) is 5.10 Å². The molecule has 2 aromatic rings. The molecular formula is C19H21BrClFN6O3. The number of morpholine rings is 2. The number of aromatic nitrogens is 2. The summed E-state index contributed by atoms with van der Waals surface area (Å²) in [4.78, 5) is 12.0. The highest BCUT2D eigenvalue weighted by Crippen LogP contribution is 2.42. The van der Waals surface area contributed by atoms with Gasteiger partial charge in [0.15, 0.2) is 11.6 Å². The van der Waals surface area contributed by atoms with Gasteiger partial charge in [-0.2, -0.15) is 10.1 Å². The van der Waals surface area contributed by atoms with Crippen LogP contribution in [0.1, 0.15) is 5.56 Å². The van der Waals surface area contributed by atoms with Gasteiger partial charge in [0.2, 0.25) is 5.95 Å². The standard InChI is InChI=1S/C19H21BrClFN6O3/c20-13-9-12(17(29)15(21)16(13)27-1-5-30-6-2-27)10-24-26-19-23-11-14(22)18(25-19)28-3-7-31-8-4-28/h9-11,29H,1-8H2,(H,23,25,26)/b24-10+. The van der Waals surface area contributed by atoms with Crippen LogP contribution in [-0.4, -0.2) is 73.9 Å². The summed E-state index contributed by atoms with van der Waals surface area (Å²) >= 11 is 9.95. The highest BCUT2D eigenvalue weighted by molar-refractivity contribution is 9.10. The summed E-state index contributed by atoms with van der Waals surface area (Å²) < 4.78 is 25.5. The van der Waals surface area contributed by atoms with Gasteiger partial charge in [0, 0.05) is 36.2 Å². The molecule has 0 unspecified atom stereocenters. The maximum atomic E-state index is 14.1. The third-order valence-electron chi connectivity index (χ3n) is 4.93. The van der Waals surface area contributed by atoms with Crippen molar-refractivity contribution >= 4 is 51.2 Å². The van der Waals surface area contributed by atoms with Gasteiger partial charge in [-0.25, -0.2) is 14.8 Å². The predicted molar refractivity (Wildman–Crippen MR) is 120 cm³/mol. The van der Waals surface area contributed by atoms with Crippen LogP contribution in [0.15, 0.2) is 21.8 Å². The number of hydrazone groups is 1. The highest BCUT2D eigenvalue weighted by Gasteiger charge is 2.22. The molecule has 0 saturated carbocycles. The number of ether oxygens (including phenoxy) is 2. The van der Waals surface area contributed by atoms with Gasteiger partial charge < -0.3 is 24.4 Å². The van der Waals surface area contributed by atoms with Crippen LogP contribution < -0.4 is 15.2 Å². The fourth-order valence-electron chi connectivity index (χ4n) is 3.36. The van der Waals surface area contributed by atoms with Gasteiger partial charge in [0.1, 0.15) is 10.8 Å². The number of benzene rings is 1. The molecule has 166 valence electrons. The van der Waals surface area contributed by atoms with Crippen LogP contribution in [-0.2, 0) is 9.47 Å². The fourth-order valence-corrected chi connectivity index (χ4v) is 4.50. The van der Waals surface area contributed by atoms with Crippen LogP contribution in [0.5, 0.6) is 5.75 Å². The van der Waals surface area contributed by atoms with E-state index in [1.807, 2.05) is 4.90 Å². The van der Waals surface area contributed by atoms with E-state index in [4.69, 9.17) is 21.1 Å². The molecule has 2 saturated heterocycles. The number of nitrogens with zero attached hydrogens (tertiary/aromatic N) is 5. The number of hydrogen-bond acceptors (Lipinski definition) is 9. The molecule has 0 spiro atoms. The monoisotopic (exact) mass is 514 g/mol. The van der Waals surface area contributed by atoms with E-state index in [0.717, 1.165) is 10.7 Å². The van der Waals surface area contributed by atoms with Crippen LogP contribution >= 0.6 is 27.5 Å². The zero-order valence-electron chi connectivity index (χ0n) is 16.5.